The van der Waals surface area contributed by atoms with Crippen LogP contribution in [0.5, 0.6) is 0 Å². The lowest BCUT2D eigenvalue weighted by molar-refractivity contribution is -0.384. The Morgan fingerprint density at radius 3 is 2.83 bits per heavy atom. The van der Waals surface area contributed by atoms with Gasteiger partial charge < -0.3 is 0 Å². The number of thiophene rings is 1. The number of hydrogen-bond donors (Lipinski definition) is 1. The first-order valence-electron chi connectivity index (χ1n) is 6.29. The fourth-order valence-electron chi connectivity index (χ4n) is 1.83. The lowest BCUT2D eigenvalue weighted by Gasteiger charge is -2.02. The number of thiazole rings is 1. The van der Waals surface area contributed by atoms with Gasteiger partial charge in [0.25, 0.3) is 11.6 Å². The van der Waals surface area contributed by atoms with Crippen molar-refractivity contribution in [3.05, 3.63) is 61.8 Å². The van der Waals surface area contributed by atoms with Crippen LogP contribution in [-0.4, -0.2) is 15.8 Å². The molecule has 9 heteroatoms. The molecule has 23 heavy (non-hydrogen) atoms. The Bertz CT molecular complexity index is 877. The van der Waals surface area contributed by atoms with Crippen LogP contribution in [0, 0.1) is 10.1 Å². The number of amides is 1. The van der Waals surface area contributed by atoms with Crippen molar-refractivity contribution < 1.29 is 9.72 Å². The molecule has 0 radical (unpaired) electrons. The zero-order valence-electron chi connectivity index (χ0n) is 11.4. The van der Waals surface area contributed by atoms with Gasteiger partial charge in [0.1, 0.15) is 5.02 Å². The fourth-order valence-corrected chi connectivity index (χ4v) is 3.48. The van der Waals surface area contributed by atoms with E-state index in [1.54, 1.807) is 11.3 Å². The van der Waals surface area contributed by atoms with Crippen molar-refractivity contribution in [3.63, 3.8) is 0 Å². The van der Waals surface area contributed by atoms with Gasteiger partial charge in [-0.2, -0.15) is 0 Å². The van der Waals surface area contributed by atoms with Crippen molar-refractivity contribution in [2.75, 3.05) is 5.32 Å². The highest BCUT2D eigenvalue weighted by Crippen LogP contribution is 2.29. The van der Waals surface area contributed by atoms with Crippen LogP contribution in [0.3, 0.4) is 0 Å². The monoisotopic (exact) mass is 365 g/mol. The third kappa shape index (κ3) is 3.39. The quantitative estimate of drug-likeness (QED) is 0.537. The molecule has 0 aliphatic heterocycles. The van der Waals surface area contributed by atoms with E-state index in [9.17, 15) is 14.9 Å². The maximum absolute atomic E-state index is 12.2. The summed E-state index contributed by atoms with van der Waals surface area (Å²) in [5.74, 6) is -0.475. The van der Waals surface area contributed by atoms with E-state index in [2.05, 4.69) is 10.3 Å². The van der Waals surface area contributed by atoms with Gasteiger partial charge >= 0.3 is 0 Å². The van der Waals surface area contributed by atoms with Crippen molar-refractivity contribution in [3.8, 4) is 10.6 Å². The predicted molar refractivity (Wildman–Crippen MR) is 91.5 cm³/mol. The lowest BCUT2D eigenvalue weighted by atomic mass is 10.2. The van der Waals surface area contributed by atoms with Gasteiger partial charge in [0.2, 0.25) is 0 Å². The second-order valence-corrected chi connectivity index (χ2v) is 6.61. The Balaban J connectivity index is 1.80. The van der Waals surface area contributed by atoms with Crippen LogP contribution in [-0.2, 0) is 0 Å². The van der Waals surface area contributed by atoms with Crippen molar-refractivity contribution in [1.82, 2.24) is 4.98 Å². The molecule has 3 rings (SSSR count). The number of carbonyl (C=O) groups is 1. The summed E-state index contributed by atoms with van der Waals surface area (Å²) in [5, 5.41) is 17.7. The minimum absolute atomic E-state index is 0.0132. The fraction of sp³-hybridized carbons (Fsp3) is 0. The second kappa shape index (κ2) is 6.45. The molecule has 2 heterocycles. The molecule has 0 saturated carbocycles. The molecule has 0 atom stereocenters. The van der Waals surface area contributed by atoms with Gasteiger partial charge in [0.05, 0.1) is 15.5 Å². The van der Waals surface area contributed by atoms with Gasteiger partial charge in [-0.15, -0.1) is 22.7 Å². The van der Waals surface area contributed by atoms with E-state index < -0.39 is 10.8 Å². The second-order valence-electron chi connectivity index (χ2n) is 4.39. The molecular formula is C14H8ClN3O3S2. The number of benzene rings is 1. The Kier molecular flexibility index (Phi) is 4.37. The molecule has 6 nitrogen and oxygen atoms in total. The number of anilines is 1. The van der Waals surface area contributed by atoms with E-state index in [-0.39, 0.29) is 16.3 Å². The Morgan fingerprint density at radius 1 is 1.30 bits per heavy atom. The topological polar surface area (TPSA) is 85.1 Å². The Hall–Kier alpha value is -2.29. The number of nitro benzene ring substituents is 1. The molecule has 1 aromatic carbocycles. The molecular weight excluding hydrogens is 358 g/mol. The highest BCUT2D eigenvalue weighted by atomic mass is 35.5. The zero-order valence-corrected chi connectivity index (χ0v) is 13.7. The molecule has 3 aromatic rings. The highest BCUT2D eigenvalue weighted by Gasteiger charge is 2.17. The summed E-state index contributed by atoms with van der Waals surface area (Å²) in [6, 6.07) is 7.76. The number of hydrogen-bond acceptors (Lipinski definition) is 6. The Morgan fingerprint density at radius 2 is 2.13 bits per heavy atom. The minimum atomic E-state index is -0.628. The summed E-state index contributed by atoms with van der Waals surface area (Å²) in [4.78, 5) is 27.8. The number of rotatable bonds is 4. The van der Waals surface area contributed by atoms with E-state index in [0.717, 1.165) is 16.6 Å². The molecule has 0 unspecified atom stereocenters. The smallest absolute Gasteiger partial charge is 0.288 e. The van der Waals surface area contributed by atoms with Crippen LogP contribution in [0.1, 0.15) is 10.4 Å². The molecule has 1 N–H and O–H groups in total. The van der Waals surface area contributed by atoms with Crippen LogP contribution in [0.15, 0.2) is 41.1 Å². The number of carbonyl (C=O) groups excluding carboxylic acids is 1. The van der Waals surface area contributed by atoms with Crippen LogP contribution >= 0.6 is 34.3 Å². The van der Waals surface area contributed by atoms with Crippen LogP contribution < -0.4 is 5.32 Å². The molecule has 0 bridgehead atoms. The van der Waals surface area contributed by atoms with Crippen molar-refractivity contribution in [2.24, 2.45) is 0 Å². The maximum Gasteiger partial charge on any atom is 0.288 e. The first-order valence-corrected chi connectivity index (χ1v) is 8.43. The average molecular weight is 366 g/mol. The summed E-state index contributed by atoms with van der Waals surface area (Å²) in [5.41, 5.74) is 0.620. The predicted octanol–water partition coefficient (Wildman–Crippen LogP) is 4.69. The van der Waals surface area contributed by atoms with Crippen molar-refractivity contribution >= 4 is 51.0 Å². The molecule has 0 fully saturated rings. The summed E-state index contributed by atoms with van der Waals surface area (Å²) >= 11 is 8.58. The van der Waals surface area contributed by atoms with E-state index in [0.29, 0.717) is 5.13 Å². The van der Waals surface area contributed by atoms with Gasteiger partial charge in [-0.25, -0.2) is 4.98 Å². The molecule has 0 spiro atoms. The molecule has 2 aromatic heterocycles. The van der Waals surface area contributed by atoms with Gasteiger partial charge in [-0.1, -0.05) is 17.7 Å². The van der Waals surface area contributed by atoms with E-state index in [4.69, 9.17) is 11.6 Å². The summed E-state index contributed by atoms with van der Waals surface area (Å²) in [6.07, 6.45) is 0. The number of aromatic nitrogens is 1. The summed E-state index contributed by atoms with van der Waals surface area (Å²) < 4.78 is 0. The molecule has 116 valence electrons. The molecule has 0 saturated heterocycles. The average Bonchev–Trinajstić information content (AvgIpc) is 3.18. The molecule has 1 amide bonds. The van der Waals surface area contributed by atoms with E-state index >= 15 is 0 Å². The van der Waals surface area contributed by atoms with E-state index in [1.165, 1.54) is 23.5 Å². The summed E-state index contributed by atoms with van der Waals surface area (Å²) in [6.45, 7) is 0. The zero-order chi connectivity index (χ0) is 16.4. The Labute approximate surface area is 143 Å². The minimum Gasteiger partial charge on any atom is -0.298 e. The first-order chi connectivity index (χ1) is 11.0. The number of nitro groups is 1. The van der Waals surface area contributed by atoms with Crippen LogP contribution in [0.25, 0.3) is 10.6 Å². The number of halogens is 1. The number of nitrogens with zero attached hydrogens (tertiary/aromatic N) is 2. The molecule has 0 aliphatic carbocycles. The lowest BCUT2D eigenvalue weighted by Crippen LogP contribution is -2.12. The van der Waals surface area contributed by atoms with Gasteiger partial charge in [0, 0.05) is 17.0 Å². The van der Waals surface area contributed by atoms with Crippen LogP contribution in [0.2, 0.25) is 5.02 Å². The van der Waals surface area contributed by atoms with Gasteiger partial charge in [0.15, 0.2) is 5.13 Å². The largest absolute Gasteiger partial charge is 0.298 e. The van der Waals surface area contributed by atoms with Crippen LogP contribution in [0.4, 0.5) is 10.8 Å². The standard InChI is InChI=1S/C14H8ClN3O3S2/c15-9-4-3-8(6-11(9)18(20)21)13(19)17-14-16-10(7-23-14)12-2-1-5-22-12/h1-7H,(H,16,17,19). The summed E-state index contributed by atoms with van der Waals surface area (Å²) in [7, 11) is 0. The normalized spacial score (nSPS) is 10.5. The van der Waals surface area contributed by atoms with Crippen molar-refractivity contribution in [1.29, 1.82) is 0 Å². The van der Waals surface area contributed by atoms with E-state index in [1.807, 2.05) is 22.9 Å². The first kappa shape index (κ1) is 15.6. The maximum atomic E-state index is 12.2. The molecule has 0 aliphatic rings. The SMILES string of the molecule is O=C(Nc1nc(-c2cccs2)cs1)c1ccc(Cl)c([N+](=O)[O-])c1. The van der Waals surface area contributed by atoms with Crippen molar-refractivity contribution in [2.45, 2.75) is 0 Å². The van der Waals surface area contributed by atoms with Gasteiger partial charge in [-0.3, -0.25) is 20.2 Å². The third-order valence-electron chi connectivity index (χ3n) is 2.90. The third-order valence-corrected chi connectivity index (χ3v) is 4.87. The number of nitrogens with one attached hydrogen (secondary N) is 1. The highest BCUT2D eigenvalue weighted by molar-refractivity contribution is 7.16. The van der Waals surface area contributed by atoms with Gasteiger partial charge in [-0.05, 0) is 23.6 Å².